The topological polar surface area (TPSA) is 104 Å². The number of benzene rings is 2. The molecule has 0 saturated carbocycles. The van der Waals surface area contributed by atoms with Gasteiger partial charge in [0.25, 0.3) is 11.6 Å². The van der Waals surface area contributed by atoms with Crippen molar-refractivity contribution in [3.05, 3.63) is 69.8 Å². The largest absolute Gasteiger partial charge is 0.394 e. The molecule has 0 saturated heterocycles. The van der Waals surface area contributed by atoms with E-state index in [-0.39, 0.29) is 24.2 Å². The Morgan fingerprint density at radius 2 is 1.96 bits per heavy atom. The Balaban J connectivity index is 1.95. The van der Waals surface area contributed by atoms with Crippen LogP contribution in [0.3, 0.4) is 0 Å². The number of nitrogens with one attached hydrogen (secondary N) is 2. The van der Waals surface area contributed by atoms with Gasteiger partial charge in [0.15, 0.2) is 0 Å². The molecule has 25 heavy (non-hydrogen) atoms. The summed E-state index contributed by atoms with van der Waals surface area (Å²) in [5.74, 6) is -0.230. The van der Waals surface area contributed by atoms with Gasteiger partial charge in [0, 0.05) is 29.9 Å². The Morgan fingerprint density at radius 1 is 1.24 bits per heavy atom. The van der Waals surface area contributed by atoms with Crippen LogP contribution in [0.1, 0.15) is 29.3 Å². The zero-order valence-corrected chi connectivity index (χ0v) is 13.9. The van der Waals surface area contributed by atoms with Crippen LogP contribution in [0.15, 0.2) is 48.5 Å². The van der Waals surface area contributed by atoms with Gasteiger partial charge in [0.05, 0.1) is 17.6 Å². The third kappa shape index (κ3) is 5.29. The quantitative estimate of drug-likeness (QED) is 0.505. The second-order valence-corrected chi connectivity index (χ2v) is 5.62. The lowest BCUT2D eigenvalue weighted by molar-refractivity contribution is -0.384. The second-order valence-electron chi connectivity index (χ2n) is 5.62. The minimum atomic E-state index is -0.424. The molecule has 0 aliphatic carbocycles. The highest BCUT2D eigenvalue weighted by atomic mass is 16.6. The van der Waals surface area contributed by atoms with Crippen LogP contribution in [0, 0.1) is 10.1 Å². The summed E-state index contributed by atoms with van der Waals surface area (Å²) in [6.45, 7) is 2.24. The zero-order chi connectivity index (χ0) is 18.2. The van der Waals surface area contributed by atoms with E-state index in [0.717, 1.165) is 11.3 Å². The van der Waals surface area contributed by atoms with Gasteiger partial charge in [-0.3, -0.25) is 14.9 Å². The molecule has 2 aromatic carbocycles. The number of amides is 1. The highest BCUT2D eigenvalue weighted by Crippen LogP contribution is 2.15. The van der Waals surface area contributed by atoms with Gasteiger partial charge in [-0.05, 0) is 36.2 Å². The number of carbonyl (C=O) groups excluding carboxylic acids is 1. The van der Waals surface area contributed by atoms with Crippen molar-refractivity contribution < 1.29 is 14.8 Å². The van der Waals surface area contributed by atoms with E-state index >= 15 is 0 Å². The summed E-state index contributed by atoms with van der Waals surface area (Å²) in [5, 5.41) is 25.8. The van der Waals surface area contributed by atoms with Gasteiger partial charge in [-0.1, -0.05) is 19.1 Å². The first-order valence-corrected chi connectivity index (χ1v) is 8.02. The lowest BCUT2D eigenvalue weighted by Crippen LogP contribution is -2.36. The number of carbonyl (C=O) groups is 1. The number of anilines is 1. The number of hydrogen-bond acceptors (Lipinski definition) is 5. The molecule has 0 spiro atoms. The standard InChI is InChI=1S/C18H21N3O4/c1-2-15(12-22)20-18(23)14-6-8-16(9-7-14)19-11-13-4-3-5-17(10-13)21(24)25/h3-10,15,19,22H,2,11-12H2,1H3,(H,20,23). The van der Waals surface area contributed by atoms with E-state index < -0.39 is 4.92 Å². The molecule has 132 valence electrons. The fourth-order valence-corrected chi connectivity index (χ4v) is 2.27. The van der Waals surface area contributed by atoms with Gasteiger partial charge in [-0.2, -0.15) is 0 Å². The van der Waals surface area contributed by atoms with Crippen molar-refractivity contribution in [2.24, 2.45) is 0 Å². The van der Waals surface area contributed by atoms with E-state index in [9.17, 15) is 14.9 Å². The molecule has 3 N–H and O–H groups in total. The van der Waals surface area contributed by atoms with Crippen molar-refractivity contribution in [3.63, 3.8) is 0 Å². The Kier molecular flexibility index (Phi) is 6.47. The Hall–Kier alpha value is -2.93. The Morgan fingerprint density at radius 3 is 2.56 bits per heavy atom. The lowest BCUT2D eigenvalue weighted by atomic mass is 10.1. The number of rotatable bonds is 8. The van der Waals surface area contributed by atoms with E-state index in [1.165, 1.54) is 12.1 Å². The van der Waals surface area contributed by atoms with Crippen molar-refractivity contribution >= 4 is 17.3 Å². The third-order valence-corrected chi connectivity index (χ3v) is 3.81. The van der Waals surface area contributed by atoms with Crippen LogP contribution in [0.4, 0.5) is 11.4 Å². The minimum Gasteiger partial charge on any atom is -0.394 e. The summed E-state index contributed by atoms with van der Waals surface area (Å²) >= 11 is 0. The molecule has 0 aromatic heterocycles. The SMILES string of the molecule is CCC(CO)NC(=O)c1ccc(NCc2cccc([N+](=O)[O-])c2)cc1. The van der Waals surface area contributed by atoms with Crippen LogP contribution in [0.25, 0.3) is 0 Å². The molecule has 0 radical (unpaired) electrons. The van der Waals surface area contributed by atoms with Crippen LogP contribution in [-0.4, -0.2) is 28.6 Å². The minimum absolute atomic E-state index is 0.0562. The molecule has 0 heterocycles. The van der Waals surface area contributed by atoms with Gasteiger partial charge < -0.3 is 15.7 Å². The molecule has 2 rings (SSSR count). The van der Waals surface area contributed by atoms with Gasteiger partial charge in [0.2, 0.25) is 0 Å². The number of aliphatic hydroxyl groups is 1. The first kappa shape index (κ1) is 18.4. The fourth-order valence-electron chi connectivity index (χ4n) is 2.27. The number of hydrogen-bond donors (Lipinski definition) is 3. The maximum atomic E-state index is 12.1. The fraction of sp³-hybridized carbons (Fsp3) is 0.278. The molecule has 7 heteroatoms. The predicted molar refractivity (Wildman–Crippen MR) is 95.5 cm³/mol. The van der Waals surface area contributed by atoms with Gasteiger partial charge in [-0.25, -0.2) is 0 Å². The first-order valence-electron chi connectivity index (χ1n) is 8.02. The molecule has 1 unspecified atom stereocenters. The predicted octanol–water partition coefficient (Wildman–Crippen LogP) is 2.71. The monoisotopic (exact) mass is 343 g/mol. The van der Waals surface area contributed by atoms with Crippen molar-refractivity contribution in [2.45, 2.75) is 25.9 Å². The molecule has 1 atom stereocenters. The highest BCUT2D eigenvalue weighted by Gasteiger charge is 2.11. The smallest absolute Gasteiger partial charge is 0.269 e. The van der Waals surface area contributed by atoms with Crippen molar-refractivity contribution in [2.75, 3.05) is 11.9 Å². The van der Waals surface area contributed by atoms with E-state index in [2.05, 4.69) is 10.6 Å². The third-order valence-electron chi connectivity index (χ3n) is 3.81. The van der Waals surface area contributed by atoms with E-state index in [1.807, 2.05) is 13.0 Å². The number of nitro benzene ring substituents is 1. The summed E-state index contributed by atoms with van der Waals surface area (Å²) in [4.78, 5) is 22.4. The summed E-state index contributed by atoms with van der Waals surface area (Å²) in [5.41, 5.74) is 2.16. The second kappa shape index (κ2) is 8.79. The molecule has 0 fully saturated rings. The maximum absolute atomic E-state index is 12.1. The number of nitro groups is 1. The normalized spacial score (nSPS) is 11.6. The summed E-state index contributed by atoms with van der Waals surface area (Å²) in [7, 11) is 0. The van der Waals surface area contributed by atoms with Crippen molar-refractivity contribution in [3.8, 4) is 0 Å². The molecule has 1 amide bonds. The van der Waals surface area contributed by atoms with Crippen LogP contribution in [-0.2, 0) is 6.54 Å². The average Bonchev–Trinajstić information content (AvgIpc) is 2.64. The molecule has 0 aliphatic rings. The lowest BCUT2D eigenvalue weighted by Gasteiger charge is -2.14. The average molecular weight is 343 g/mol. The summed E-state index contributed by atoms with van der Waals surface area (Å²) in [6, 6.07) is 13.1. The zero-order valence-electron chi connectivity index (χ0n) is 13.9. The van der Waals surface area contributed by atoms with Crippen LogP contribution >= 0.6 is 0 Å². The molecule has 2 aromatic rings. The number of nitrogens with zero attached hydrogens (tertiary/aromatic N) is 1. The molecule has 0 aliphatic heterocycles. The van der Waals surface area contributed by atoms with E-state index in [0.29, 0.717) is 18.5 Å². The summed E-state index contributed by atoms with van der Waals surface area (Å²) in [6.07, 6.45) is 0.658. The molecular formula is C18H21N3O4. The summed E-state index contributed by atoms with van der Waals surface area (Å²) < 4.78 is 0. The van der Waals surface area contributed by atoms with E-state index in [1.54, 1.807) is 30.3 Å². The molecule has 7 nitrogen and oxygen atoms in total. The first-order chi connectivity index (χ1) is 12.0. The van der Waals surface area contributed by atoms with Crippen molar-refractivity contribution in [1.29, 1.82) is 0 Å². The maximum Gasteiger partial charge on any atom is 0.269 e. The molecular weight excluding hydrogens is 322 g/mol. The van der Waals surface area contributed by atoms with Gasteiger partial charge in [0.1, 0.15) is 0 Å². The Labute approximate surface area is 145 Å². The van der Waals surface area contributed by atoms with Gasteiger partial charge in [-0.15, -0.1) is 0 Å². The van der Waals surface area contributed by atoms with Gasteiger partial charge >= 0.3 is 0 Å². The highest BCUT2D eigenvalue weighted by molar-refractivity contribution is 5.94. The van der Waals surface area contributed by atoms with Crippen molar-refractivity contribution in [1.82, 2.24) is 5.32 Å². The molecule has 0 bridgehead atoms. The number of non-ortho nitro benzene ring substituents is 1. The van der Waals surface area contributed by atoms with Crippen LogP contribution < -0.4 is 10.6 Å². The Bertz CT molecular complexity index is 727. The van der Waals surface area contributed by atoms with E-state index in [4.69, 9.17) is 5.11 Å². The van der Waals surface area contributed by atoms with Crippen LogP contribution in [0.2, 0.25) is 0 Å². The number of aliphatic hydroxyl groups excluding tert-OH is 1. The van der Waals surface area contributed by atoms with Crippen LogP contribution in [0.5, 0.6) is 0 Å².